The van der Waals surface area contributed by atoms with Gasteiger partial charge >= 0.3 is 6.18 Å². The summed E-state index contributed by atoms with van der Waals surface area (Å²) in [4.78, 5) is 10.3. The number of sulfone groups is 1. The average Bonchev–Trinajstić information content (AvgIpc) is 2.13. The molecule has 0 saturated heterocycles. The molecule has 18 heavy (non-hydrogen) atoms. The van der Waals surface area contributed by atoms with Gasteiger partial charge in [-0.1, -0.05) is 0 Å². The number of benzene rings is 1. The maximum Gasteiger partial charge on any atom is 0.418 e. The summed E-state index contributed by atoms with van der Waals surface area (Å²) in [6.07, 6.45) is -3.95. The van der Waals surface area contributed by atoms with Crippen molar-refractivity contribution in [2.24, 2.45) is 0 Å². The van der Waals surface area contributed by atoms with E-state index in [0.717, 1.165) is 25.3 Å². The van der Waals surface area contributed by atoms with Crippen molar-refractivity contribution >= 4 is 21.4 Å². The van der Waals surface area contributed by atoms with E-state index < -0.39 is 38.1 Å². The summed E-state index contributed by atoms with van der Waals surface area (Å²) in [5.74, 6) is -0.674. The first-order chi connectivity index (χ1) is 8.01. The average molecular weight is 281 g/mol. The van der Waals surface area contributed by atoms with E-state index in [1.165, 1.54) is 0 Å². The number of hydrogen-bond acceptors (Lipinski definition) is 3. The maximum absolute atomic E-state index is 12.7. The van der Waals surface area contributed by atoms with Crippen LogP contribution in [0, 0.1) is 0 Å². The Hall–Kier alpha value is -1.57. The Kier molecular flexibility index (Phi) is 3.70. The van der Waals surface area contributed by atoms with E-state index in [-0.39, 0.29) is 0 Å². The van der Waals surface area contributed by atoms with Gasteiger partial charge in [-0.3, -0.25) is 4.79 Å². The van der Waals surface area contributed by atoms with Crippen molar-refractivity contribution < 1.29 is 26.4 Å². The van der Waals surface area contributed by atoms with Crippen molar-refractivity contribution in [3.05, 3.63) is 23.8 Å². The van der Waals surface area contributed by atoms with Crippen LogP contribution in [0.2, 0.25) is 0 Å². The molecule has 0 aliphatic rings. The quantitative estimate of drug-likeness (QED) is 0.902. The number of hydrogen-bond donors (Lipinski definition) is 1. The highest BCUT2D eigenvalue weighted by Gasteiger charge is 2.34. The lowest BCUT2D eigenvalue weighted by molar-refractivity contribution is -0.137. The number of alkyl halides is 3. The summed E-state index contributed by atoms with van der Waals surface area (Å²) in [5, 5.41) is 2.00. The van der Waals surface area contributed by atoms with Gasteiger partial charge in [0.25, 0.3) is 0 Å². The highest BCUT2D eigenvalue weighted by atomic mass is 32.2. The summed E-state index contributed by atoms with van der Waals surface area (Å²) in [5.41, 5.74) is -1.66. The Bertz CT molecular complexity index is 579. The van der Waals surface area contributed by atoms with E-state index in [2.05, 4.69) is 0 Å². The van der Waals surface area contributed by atoms with E-state index in [9.17, 15) is 26.4 Å². The molecular weight excluding hydrogens is 271 g/mol. The topological polar surface area (TPSA) is 63.2 Å². The van der Waals surface area contributed by atoms with Gasteiger partial charge in [0.15, 0.2) is 9.84 Å². The predicted octanol–water partition coefficient (Wildman–Crippen LogP) is 2.07. The Balaban J connectivity index is 3.44. The highest BCUT2D eigenvalue weighted by Crippen LogP contribution is 2.36. The van der Waals surface area contributed by atoms with Crippen LogP contribution in [0.25, 0.3) is 0 Å². The number of carbonyl (C=O) groups excluding carboxylic acids is 1. The first-order valence-corrected chi connectivity index (χ1v) is 6.60. The molecule has 1 aromatic rings. The van der Waals surface area contributed by atoms with E-state index in [0.29, 0.717) is 6.07 Å². The van der Waals surface area contributed by atoms with Gasteiger partial charge in [0, 0.05) is 13.2 Å². The van der Waals surface area contributed by atoms with Gasteiger partial charge in [-0.2, -0.15) is 13.2 Å². The molecule has 1 N–H and O–H groups in total. The second-order valence-electron chi connectivity index (χ2n) is 3.66. The molecule has 0 heterocycles. The van der Waals surface area contributed by atoms with Crippen LogP contribution in [-0.4, -0.2) is 20.6 Å². The van der Waals surface area contributed by atoms with Crippen molar-refractivity contribution in [2.45, 2.75) is 18.0 Å². The Morgan fingerprint density at radius 1 is 1.28 bits per heavy atom. The molecule has 1 amide bonds. The van der Waals surface area contributed by atoms with E-state index in [4.69, 9.17) is 0 Å². The maximum atomic E-state index is 12.7. The number of amides is 1. The first kappa shape index (κ1) is 14.5. The molecule has 0 aromatic heterocycles. The zero-order chi connectivity index (χ0) is 14.1. The minimum atomic E-state index is -4.75. The van der Waals surface area contributed by atoms with Crippen LogP contribution in [-0.2, 0) is 20.8 Å². The second kappa shape index (κ2) is 4.60. The molecule has 0 unspecified atom stereocenters. The molecule has 0 spiro atoms. The summed E-state index contributed by atoms with van der Waals surface area (Å²) >= 11 is 0. The fourth-order valence-electron chi connectivity index (χ4n) is 1.29. The third-order valence-electron chi connectivity index (χ3n) is 2.04. The van der Waals surface area contributed by atoms with E-state index >= 15 is 0 Å². The highest BCUT2D eigenvalue weighted by molar-refractivity contribution is 7.90. The predicted molar refractivity (Wildman–Crippen MR) is 58.9 cm³/mol. The molecule has 0 aliphatic heterocycles. The van der Waals surface area contributed by atoms with Gasteiger partial charge in [0.05, 0.1) is 16.1 Å². The Morgan fingerprint density at radius 2 is 1.83 bits per heavy atom. The van der Waals surface area contributed by atoms with Crippen molar-refractivity contribution in [1.29, 1.82) is 0 Å². The standard InChI is InChI=1S/C10H10F3NO3S/c1-6(15)14-9-4-3-7(18(2,16)17)5-8(9)10(11,12)13/h3-5H,1-2H3,(H,14,15). The third kappa shape index (κ3) is 3.46. The smallest absolute Gasteiger partial charge is 0.326 e. The van der Waals surface area contributed by atoms with Gasteiger partial charge in [-0.05, 0) is 18.2 Å². The lowest BCUT2D eigenvalue weighted by atomic mass is 10.1. The Labute approximate surface area is 102 Å². The van der Waals surface area contributed by atoms with Crippen LogP contribution in [0.1, 0.15) is 12.5 Å². The van der Waals surface area contributed by atoms with Crippen LogP contribution in [0.4, 0.5) is 18.9 Å². The summed E-state index contributed by atoms with van der Waals surface area (Å²) < 4.78 is 60.5. The molecule has 1 rings (SSSR count). The minimum Gasteiger partial charge on any atom is -0.326 e. The summed E-state index contributed by atoms with van der Waals surface area (Å²) in [6.45, 7) is 1.06. The normalized spacial score (nSPS) is 12.3. The molecule has 0 saturated carbocycles. The SMILES string of the molecule is CC(=O)Nc1ccc(S(C)(=O)=O)cc1C(F)(F)F. The van der Waals surface area contributed by atoms with Gasteiger partial charge in [0.2, 0.25) is 5.91 Å². The molecule has 0 fully saturated rings. The number of halogens is 3. The van der Waals surface area contributed by atoms with Crippen LogP contribution < -0.4 is 5.32 Å². The van der Waals surface area contributed by atoms with Gasteiger partial charge in [0.1, 0.15) is 0 Å². The van der Waals surface area contributed by atoms with Gasteiger partial charge in [-0.15, -0.1) is 0 Å². The summed E-state index contributed by atoms with van der Waals surface area (Å²) in [7, 11) is -3.74. The molecule has 4 nitrogen and oxygen atoms in total. The molecular formula is C10H10F3NO3S. The van der Waals surface area contributed by atoms with Crippen molar-refractivity contribution in [3.8, 4) is 0 Å². The van der Waals surface area contributed by atoms with Crippen molar-refractivity contribution in [2.75, 3.05) is 11.6 Å². The number of carbonyl (C=O) groups is 1. The molecule has 0 radical (unpaired) electrons. The minimum absolute atomic E-state index is 0.455. The lowest BCUT2D eigenvalue weighted by Gasteiger charge is -2.14. The fraction of sp³-hybridized carbons (Fsp3) is 0.300. The number of nitrogens with one attached hydrogen (secondary N) is 1. The van der Waals surface area contributed by atoms with E-state index in [1.54, 1.807) is 0 Å². The first-order valence-electron chi connectivity index (χ1n) is 4.70. The third-order valence-corrected chi connectivity index (χ3v) is 3.15. The fourth-order valence-corrected chi connectivity index (χ4v) is 1.93. The van der Waals surface area contributed by atoms with Crippen LogP contribution in [0.3, 0.4) is 0 Å². The molecule has 8 heteroatoms. The largest absolute Gasteiger partial charge is 0.418 e. The number of rotatable bonds is 2. The number of anilines is 1. The summed E-state index contributed by atoms with van der Waals surface area (Å²) in [6, 6.07) is 2.43. The molecule has 0 atom stereocenters. The molecule has 1 aromatic carbocycles. The van der Waals surface area contributed by atoms with Crippen LogP contribution >= 0.6 is 0 Å². The van der Waals surface area contributed by atoms with Crippen LogP contribution in [0.5, 0.6) is 0 Å². The van der Waals surface area contributed by atoms with Gasteiger partial charge in [-0.25, -0.2) is 8.42 Å². The van der Waals surface area contributed by atoms with Crippen molar-refractivity contribution in [1.82, 2.24) is 0 Å². The molecule has 0 aliphatic carbocycles. The van der Waals surface area contributed by atoms with Crippen LogP contribution in [0.15, 0.2) is 23.1 Å². The van der Waals surface area contributed by atoms with E-state index in [1.807, 2.05) is 5.32 Å². The zero-order valence-corrected chi connectivity index (χ0v) is 10.3. The molecule has 100 valence electrons. The Morgan fingerprint density at radius 3 is 2.22 bits per heavy atom. The lowest BCUT2D eigenvalue weighted by Crippen LogP contribution is -2.15. The molecule has 0 bridgehead atoms. The monoisotopic (exact) mass is 281 g/mol. The van der Waals surface area contributed by atoms with Crippen molar-refractivity contribution in [3.63, 3.8) is 0 Å². The van der Waals surface area contributed by atoms with Gasteiger partial charge < -0.3 is 5.32 Å². The zero-order valence-electron chi connectivity index (χ0n) is 9.50. The second-order valence-corrected chi connectivity index (χ2v) is 5.67.